The predicted molar refractivity (Wildman–Crippen MR) is 66.8 cm³/mol. The molecule has 0 aromatic rings. The zero-order chi connectivity index (χ0) is 11.1. The van der Waals surface area contributed by atoms with E-state index in [1.165, 1.54) is 0 Å². The Hall–Kier alpha value is 0.260. The molecule has 3 nitrogen and oxygen atoms in total. The van der Waals surface area contributed by atoms with E-state index in [4.69, 9.17) is 0 Å². The number of nitrogens with zero attached hydrogens (tertiary/aromatic N) is 1. The van der Waals surface area contributed by atoms with Crippen molar-refractivity contribution >= 4 is 21.8 Å². The first-order chi connectivity index (χ1) is 7.17. The summed E-state index contributed by atoms with van der Waals surface area (Å²) in [5.74, 6) is 2.25. The fourth-order valence-electron chi connectivity index (χ4n) is 1.67. The van der Waals surface area contributed by atoms with Crippen LogP contribution in [0.4, 0.5) is 0 Å². The lowest BCUT2D eigenvalue weighted by atomic mass is 10.2. The lowest BCUT2D eigenvalue weighted by molar-refractivity contribution is 0.441. The molecule has 1 fully saturated rings. The van der Waals surface area contributed by atoms with E-state index in [1.807, 2.05) is 11.8 Å². The quantitative estimate of drug-likeness (QED) is 0.677. The maximum atomic E-state index is 11.9. The van der Waals surface area contributed by atoms with Gasteiger partial charge in [0.15, 0.2) is 0 Å². The summed E-state index contributed by atoms with van der Waals surface area (Å²) in [6.45, 7) is 3.55. The minimum atomic E-state index is -2.94. The first-order valence-electron chi connectivity index (χ1n) is 5.72. The van der Waals surface area contributed by atoms with Gasteiger partial charge in [0, 0.05) is 24.6 Å². The van der Waals surface area contributed by atoms with E-state index in [0.29, 0.717) is 18.8 Å². The van der Waals surface area contributed by atoms with Crippen LogP contribution >= 0.6 is 11.8 Å². The topological polar surface area (TPSA) is 37.4 Å². The molecule has 1 aliphatic heterocycles. The van der Waals surface area contributed by atoms with Crippen LogP contribution < -0.4 is 0 Å². The molecule has 0 unspecified atom stereocenters. The van der Waals surface area contributed by atoms with Gasteiger partial charge in [0.2, 0.25) is 10.0 Å². The minimum absolute atomic E-state index is 0.345. The summed E-state index contributed by atoms with van der Waals surface area (Å²) in [5.41, 5.74) is 0. The van der Waals surface area contributed by atoms with Gasteiger partial charge in [0.1, 0.15) is 0 Å². The average Bonchev–Trinajstić information content (AvgIpc) is 2.26. The molecule has 1 saturated heterocycles. The van der Waals surface area contributed by atoms with Crippen molar-refractivity contribution in [3.05, 3.63) is 0 Å². The first-order valence-corrected chi connectivity index (χ1v) is 8.49. The van der Waals surface area contributed by atoms with Crippen molar-refractivity contribution in [1.82, 2.24) is 4.31 Å². The van der Waals surface area contributed by atoms with E-state index in [2.05, 4.69) is 6.92 Å². The van der Waals surface area contributed by atoms with E-state index >= 15 is 0 Å². The molecule has 0 aromatic carbocycles. The third-order valence-electron chi connectivity index (χ3n) is 2.62. The van der Waals surface area contributed by atoms with E-state index < -0.39 is 10.0 Å². The SMILES string of the molecule is CCCCCCS(=O)(=O)N1CCSCC1. The molecule has 1 heterocycles. The molecular formula is C10H21NO2S2. The van der Waals surface area contributed by atoms with Crippen molar-refractivity contribution in [2.75, 3.05) is 30.3 Å². The van der Waals surface area contributed by atoms with Gasteiger partial charge in [-0.1, -0.05) is 26.2 Å². The number of rotatable bonds is 6. The Morgan fingerprint density at radius 1 is 1.13 bits per heavy atom. The van der Waals surface area contributed by atoms with Crippen LogP contribution in [0.25, 0.3) is 0 Å². The maximum absolute atomic E-state index is 11.9. The molecule has 1 aliphatic rings. The van der Waals surface area contributed by atoms with Gasteiger partial charge in [-0.2, -0.15) is 11.8 Å². The van der Waals surface area contributed by atoms with Crippen molar-refractivity contribution in [3.63, 3.8) is 0 Å². The highest BCUT2D eigenvalue weighted by Crippen LogP contribution is 2.14. The summed E-state index contributed by atoms with van der Waals surface area (Å²) in [7, 11) is -2.94. The zero-order valence-electron chi connectivity index (χ0n) is 9.44. The molecular weight excluding hydrogens is 230 g/mol. The van der Waals surface area contributed by atoms with Crippen LogP contribution in [0.15, 0.2) is 0 Å². The fourth-order valence-corrected chi connectivity index (χ4v) is 4.37. The second-order valence-electron chi connectivity index (χ2n) is 3.89. The van der Waals surface area contributed by atoms with Gasteiger partial charge in [0.25, 0.3) is 0 Å². The summed E-state index contributed by atoms with van der Waals surface area (Å²) < 4.78 is 25.4. The molecule has 0 saturated carbocycles. The Kier molecular flexibility index (Phi) is 6.00. The van der Waals surface area contributed by atoms with E-state index in [-0.39, 0.29) is 0 Å². The standard InChI is InChI=1S/C10H21NO2S2/c1-2-3-4-5-10-15(12,13)11-6-8-14-9-7-11/h2-10H2,1H3. The van der Waals surface area contributed by atoms with Gasteiger partial charge >= 0.3 is 0 Å². The molecule has 0 aromatic heterocycles. The Balaban J connectivity index is 2.30. The Labute approximate surface area is 97.7 Å². The molecule has 90 valence electrons. The van der Waals surface area contributed by atoms with Crippen LogP contribution in [-0.4, -0.2) is 43.1 Å². The molecule has 1 rings (SSSR count). The van der Waals surface area contributed by atoms with Gasteiger partial charge in [-0.15, -0.1) is 0 Å². The Morgan fingerprint density at radius 2 is 1.80 bits per heavy atom. The molecule has 0 amide bonds. The fraction of sp³-hybridized carbons (Fsp3) is 1.00. The lowest BCUT2D eigenvalue weighted by Gasteiger charge is -2.25. The van der Waals surface area contributed by atoms with Crippen LogP contribution in [0.1, 0.15) is 32.6 Å². The van der Waals surface area contributed by atoms with Crippen molar-refractivity contribution in [2.45, 2.75) is 32.6 Å². The highest BCUT2D eigenvalue weighted by molar-refractivity contribution is 7.99. The van der Waals surface area contributed by atoms with E-state index in [9.17, 15) is 8.42 Å². The summed E-state index contributed by atoms with van der Waals surface area (Å²) in [4.78, 5) is 0. The molecule has 15 heavy (non-hydrogen) atoms. The largest absolute Gasteiger partial charge is 0.214 e. The number of unbranched alkanes of at least 4 members (excludes halogenated alkanes) is 3. The maximum Gasteiger partial charge on any atom is 0.214 e. The van der Waals surface area contributed by atoms with Gasteiger partial charge in [-0.05, 0) is 6.42 Å². The van der Waals surface area contributed by atoms with E-state index in [1.54, 1.807) is 4.31 Å². The van der Waals surface area contributed by atoms with Gasteiger partial charge in [-0.3, -0.25) is 0 Å². The van der Waals surface area contributed by atoms with Gasteiger partial charge in [-0.25, -0.2) is 12.7 Å². The highest BCUT2D eigenvalue weighted by atomic mass is 32.2. The zero-order valence-corrected chi connectivity index (χ0v) is 11.1. The number of hydrogen-bond donors (Lipinski definition) is 0. The third kappa shape index (κ3) is 4.74. The van der Waals surface area contributed by atoms with Crippen LogP contribution in [0.5, 0.6) is 0 Å². The smallest absolute Gasteiger partial charge is 0.212 e. The van der Waals surface area contributed by atoms with Crippen molar-refractivity contribution in [1.29, 1.82) is 0 Å². The van der Waals surface area contributed by atoms with Crippen LogP contribution in [0.2, 0.25) is 0 Å². The van der Waals surface area contributed by atoms with Crippen LogP contribution in [-0.2, 0) is 10.0 Å². The monoisotopic (exact) mass is 251 g/mol. The number of sulfonamides is 1. The second-order valence-corrected chi connectivity index (χ2v) is 7.20. The number of thioether (sulfide) groups is 1. The van der Waals surface area contributed by atoms with Crippen molar-refractivity contribution in [2.24, 2.45) is 0 Å². The summed E-state index contributed by atoms with van der Waals surface area (Å²) >= 11 is 1.84. The molecule has 5 heteroatoms. The highest BCUT2D eigenvalue weighted by Gasteiger charge is 2.23. The van der Waals surface area contributed by atoms with Gasteiger partial charge < -0.3 is 0 Å². The van der Waals surface area contributed by atoms with Crippen molar-refractivity contribution in [3.8, 4) is 0 Å². The molecule has 0 atom stereocenters. The normalized spacial score (nSPS) is 19.3. The van der Waals surface area contributed by atoms with Crippen LogP contribution in [0, 0.1) is 0 Å². The first kappa shape index (κ1) is 13.3. The summed E-state index contributed by atoms with van der Waals surface area (Å²) in [6, 6.07) is 0. The second kappa shape index (κ2) is 6.76. The Morgan fingerprint density at radius 3 is 2.40 bits per heavy atom. The predicted octanol–water partition coefficient (Wildman–Crippen LogP) is 1.95. The number of hydrogen-bond acceptors (Lipinski definition) is 3. The van der Waals surface area contributed by atoms with E-state index in [0.717, 1.165) is 37.2 Å². The molecule has 0 radical (unpaired) electrons. The molecule has 0 bridgehead atoms. The molecule has 0 aliphatic carbocycles. The van der Waals surface area contributed by atoms with Gasteiger partial charge in [0.05, 0.1) is 5.75 Å². The lowest BCUT2D eigenvalue weighted by Crippen LogP contribution is -2.39. The minimum Gasteiger partial charge on any atom is -0.212 e. The average molecular weight is 251 g/mol. The molecule has 0 N–H and O–H groups in total. The molecule has 0 spiro atoms. The Bertz CT molecular complexity index is 259. The van der Waals surface area contributed by atoms with Crippen LogP contribution in [0.3, 0.4) is 0 Å². The summed E-state index contributed by atoms with van der Waals surface area (Å²) in [5, 5.41) is 0. The summed E-state index contributed by atoms with van der Waals surface area (Å²) in [6.07, 6.45) is 4.16. The van der Waals surface area contributed by atoms with Crippen molar-refractivity contribution < 1.29 is 8.42 Å². The third-order valence-corrected chi connectivity index (χ3v) is 5.52.